The Bertz CT molecular complexity index is 1270. The molecule has 1 amide bonds. The lowest BCUT2D eigenvalue weighted by Crippen LogP contribution is -2.19. The number of primary amides is 1. The number of amides is 1. The summed E-state index contributed by atoms with van der Waals surface area (Å²) in [6.07, 6.45) is 6.75. The minimum absolute atomic E-state index is 0.00429. The molecule has 3 N–H and O–H groups in total. The molecule has 1 aliphatic heterocycles. The summed E-state index contributed by atoms with van der Waals surface area (Å²) in [5, 5.41) is 14.3. The van der Waals surface area contributed by atoms with Gasteiger partial charge in [-0.05, 0) is 18.9 Å². The van der Waals surface area contributed by atoms with Gasteiger partial charge in [0.15, 0.2) is 5.60 Å². The molecule has 30 heavy (non-hydrogen) atoms. The van der Waals surface area contributed by atoms with Crippen LogP contribution in [0.4, 0.5) is 4.39 Å². The van der Waals surface area contributed by atoms with E-state index in [1.807, 2.05) is 0 Å². The van der Waals surface area contributed by atoms with Crippen molar-refractivity contribution in [1.82, 2.24) is 14.7 Å². The molecule has 0 aliphatic carbocycles. The number of hydrogen-bond acceptors (Lipinski definition) is 6. The molecule has 1 unspecified atom stereocenters. The molecule has 0 fully saturated rings. The van der Waals surface area contributed by atoms with Crippen molar-refractivity contribution in [1.29, 1.82) is 0 Å². The predicted molar refractivity (Wildman–Crippen MR) is 103 cm³/mol. The Morgan fingerprint density at radius 1 is 1.43 bits per heavy atom. The second-order valence-corrected chi connectivity index (χ2v) is 6.73. The van der Waals surface area contributed by atoms with Crippen LogP contribution in [0.3, 0.4) is 0 Å². The largest absolute Gasteiger partial charge is 0.491 e. The van der Waals surface area contributed by atoms with E-state index in [4.69, 9.17) is 21.4 Å². The van der Waals surface area contributed by atoms with E-state index >= 15 is 0 Å². The first kappa shape index (κ1) is 19.2. The molecule has 0 radical (unpaired) electrons. The van der Waals surface area contributed by atoms with Crippen LogP contribution in [0.25, 0.3) is 11.4 Å². The summed E-state index contributed by atoms with van der Waals surface area (Å²) in [4.78, 5) is 15.7. The fourth-order valence-corrected chi connectivity index (χ4v) is 2.94. The first-order chi connectivity index (χ1) is 14.3. The number of ether oxygens (including phenoxy) is 1. The molecule has 0 bridgehead atoms. The molecule has 0 saturated heterocycles. The predicted octanol–water partition coefficient (Wildman–Crippen LogP) is 1.41. The third-order valence-corrected chi connectivity index (χ3v) is 4.52. The highest BCUT2D eigenvalue weighted by atomic mass is 19.1. The molecular weight excluding hydrogens is 391 g/mol. The number of aliphatic hydroxyl groups is 1. The second-order valence-electron chi connectivity index (χ2n) is 6.73. The molecule has 150 valence electrons. The van der Waals surface area contributed by atoms with E-state index in [0.29, 0.717) is 17.9 Å². The summed E-state index contributed by atoms with van der Waals surface area (Å²) in [5.74, 6) is 6.94. The lowest BCUT2D eigenvalue weighted by molar-refractivity contribution is 0.0995. The van der Waals surface area contributed by atoms with Crippen molar-refractivity contribution in [2.45, 2.75) is 19.1 Å². The maximum atomic E-state index is 14.6. The van der Waals surface area contributed by atoms with Crippen molar-refractivity contribution < 1.29 is 23.6 Å². The van der Waals surface area contributed by atoms with Crippen LogP contribution < -0.4 is 10.5 Å². The number of hydrogen-bond donors (Lipinski definition) is 2. The smallest absolute Gasteiger partial charge is 0.268 e. The van der Waals surface area contributed by atoms with Gasteiger partial charge in [-0.15, -0.1) is 6.42 Å². The van der Waals surface area contributed by atoms with Crippen LogP contribution in [0.5, 0.6) is 5.75 Å². The Morgan fingerprint density at radius 3 is 2.93 bits per heavy atom. The average molecular weight is 406 g/mol. The van der Waals surface area contributed by atoms with Crippen LogP contribution in [0.2, 0.25) is 0 Å². The van der Waals surface area contributed by atoms with Gasteiger partial charge in [0.1, 0.15) is 35.4 Å². The topological polar surface area (TPSA) is 116 Å². The molecule has 8 nitrogen and oxygen atoms in total. The standard InChI is InChI=1S/C21H15FN4O4/c1-3-13-9-18(25-30-13)21(2,28)5-4-12-8-14-17(10-15(12)22)29-7-6-26-11-16(19(23)27)24-20(14)26/h1,8-11,28H,6-7H2,2H3,(H2,23,27). The van der Waals surface area contributed by atoms with Crippen LogP contribution >= 0.6 is 0 Å². The molecule has 1 atom stereocenters. The number of imidazole rings is 1. The number of rotatable bonds is 2. The van der Waals surface area contributed by atoms with Crippen LogP contribution in [-0.2, 0) is 12.1 Å². The number of carbonyl (C=O) groups is 1. The highest BCUT2D eigenvalue weighted by Crippen LogP contribution is 2.34. The van der Waals surface area contributed by atoms with Crippen LogP contribution in [0, 0.1) is 30.0 Å². The Hall–Kier alpha value is -4.08. The third kappa shape index (κ3) is 3.39. The first-order valence-corrected chi connectivity index (χ1v) is 8.81. The molecule has 4 rings (SSSR count). The average Bonchev–Trinajstić information content (AvgIpc) is 3.32. The van der Waals surface area contributed by atoms with Crippen molar-refractivity contribution in [2.24, 2.45) is 5.73 Å². The number of terminal acetylenes is 1. The van der Waals surface area contributed by atoms with Gasteiger partial charge >= 0.3 is 0 Å². The quantitative estimate of drug-likeness (QED) is 0.622. The SMILES string of the molecule is C#Cc1cc(C(C)(O)C#Cc2cc3c(cc2F)OCCn2cc(C(N)=O)nc2-3)no1. The molecule has 1 aliphatic rings. The molecule has 1 aromatic carbocycles. The zero-order chi connectivity index (χ0) is 21.5. The van der Waals surface area contributed by atoms with Crippen molar-refractivity contribution in [3.8, 4) is 41.3 Å². The van der Waals surface area contributed by atoms with E-state index in [2.05, 4.69) is 27.9 Å². The highest BCUT2D eigenvalue weighted by Gasteiger charge is 2.26. The molecule has 0 saturated carbocycles. The lowest BCUT2D eigenvalue weighted by atomic mass is 10.0. The van der Waals surface area contributed by atoms with Crippen LogP contribution in [0.15, 0.2) is 28.9 Å². The van der Waals surface area contributed by atoms with Crippen LogP contribution in [0.1, 0.15) is 34.4 Å². The van der Waals surface area contributed by atoms with E-state index in [1.165, 1.54) is 31.3 Å². The maximum Gasteiger partial charge on any atom is 0.268 e. The van der Waals surface area contributed by atoms with Gasteiger partial charge in [-0.25, -0.2) is 9.37 Å². The number of carbonyl (C=O) groups excluding carboxylic acids is 1. The minimum Gasteiger partial charge on any atom is -0.491 e. The van der Waals surface area contributed by atoms with Gasteiger partial charge < -0.3 is 24.7 Å². The molecule has 3 aromatic rings. The van der Waals surface area contributed by atoms with Crippen LogP contribution in [-0.4, -0.2) is 32.3 Å². The monoisotopic (exact) mass is 406 g/mol. The molecule has 3 heterocycles. The zero-order valence-corrected chi connectivity index (χ0v) is 15.8. The number of fused-ring (bicyclic) bond motifs is 3. The Morgan fingerprint density at radius 2 is 2.23 bits per heavy atom. The van der Waals surface area contributed by atoms with E-state index in [0.717, 1.165) is 0 Å². The summed E-state index contributed by atoms with van der Waals surface area (Å²) in [5.41, 5.74) is 4.22. The normalized spacial score (nSPS) is 14.1. The van der Waals surface area contributed by atoms with Gasteiger partial charge in [0.05, 0.1) is 17.7 Å². The van der Waals surface area contributed by atoms with E-state index < -0.39 is 17.3 Å². The Balaban J connectivity index is 1.77. The fourth-order valence-electron chi connectivity index (χ4n) is 2.94. The van der Waals surface area contributed by atoms with Gasteiger partial charge in [-0.3, -0.25) is 4.79 Å². The number of nitrogens with zero attached hydrogens (tertiary/aromatic N) is 3. The molecule has 0 spiro atoms. The summed E-state index contributed by atoms with van der Waals surface area (Å²) in [6, 6.07) is 4.01. The van der Waals surface area contributed by atoms with Gasteiger partial charge in [0.25, 0.3) is 5.91 Å². The Labute approximate surface area is 170 Å². The molecule has 9 heteroatoms. The minimum atomic E-state index is -1.73. The number of benzene rings is 1. The van der Waals surface area contributed by atoms with Gasteiger partial charge in [0.2, 0.25) is 5.76 Å². The van der Waals surface area contributed by atoms with E-state index in [9.17, 15) is 14.3 Å². The van der Waals surface area contributed by atoms with Crippen molar-refractivity contribution >= 4 is 5.91 Å². The second kappa shape index (κ2) is 7.07. The molecule has 2 aromatic heterocycles. The number of nitrogens with two attached hydrogens (primary N) is 1. The van der Waals surface area contributed by atoms with Gasteiger partial charge in [-0.2, -0.15) is 0 Å². The maximum absolute atomic E-state index is 14.6. The van der Waals surface area contributed by atoms with Crippen molar-refractivity contribution in [2.75, 3.05) is 6.61 Å². The van der Waals surface area contributed by atoms with E-state index in [-0.39, 0.29) is 35.1 Å². The van der Waals surface area contributed by atoms with Gasteiger partial charge in [0, 0.05) is 18.3 Å². The van der Waals surface area contributed by atoms with E-state index in [1.54, 1.807) is 4.57 Å². The number of halogens is 1. The van der Waals surface area contributed by atoms with Crippen molar-refractivity contribution in [3.05, 3.63) is 52.9 Å². The zero-order valence-electron chi connectivity index (χ0n) is 15.8. The highest BCUT2D eigenvalue weighted by molar-refractivity contribution is 5.91. The summed E-state index contributed by atoms with van der Waals surface area (Å²) >= 11 is 0. The van der Waals surface area contributed by atoms with Crippen molar-refractivity contribution in [3.63, 3.8) is 0 Å². The third-order valence-electron chi connectivity index (χ3n) is 4.52. The fraction of sp³-hybridized carbons (Fsp3) is 0.190. The van der Waals surface area contributed by atoms with Gasteiger partial charge in [-0.1, -0.05) is 17.0 Å². The first-order valence-electron chi connectivity index (χ1n) is 8.81. The summed E-state index contributed by atoms with van der Waals surface area (Å²) in [7, 11) is 0. The number of aromatic nitrogens is 3. The Kier molecular flexibility index (Phi) is 4.53. The lowest BCUT2D eigenvalue weighted by Gasteiger charge is -2.12. The molecular formula is C21H15FN4O4. The summed E-state index contributed by atoms with van der Waals surface area (Å²) < 4.78 is 26.8. The summed E-state index contributed by atoms with van der Waals surface area (Å²) in [6.45, 7) is 2.05.